The Morgan fingerprint density at radius 1 is 1.14 bits per heavy atom. The summed E-state index contributed by atoms with van der Waals surface area (Å²) in [6.07, 6.45) is 10.5. The fourth-order valence-electron chi connectivity index (χ4n) is 2.69. The van der Waals surface area contributed by atoms with E-state index in [0.29, 0.717) is 12.2 Å². The molecule has 0 saturated heterocycles. The van der Waals surface area contributed by atoms with E-state index >= 15 is 0 Å². The molecule has 0 aliphatic heterocycles. The number of hydrogen-bond donors (Lipinski definition) is 0. The molecule has 0 N–H and O–H groups in total. The van der Waals surface area contributed by atoms with Gasteiger partial charge in [-0.25, -0.2) is 4.79 Å². The highest BCUT2D eigenvalue weighted by molar-refractivity contribution is 5.91. The first kappa shape index (κ1) is 20.6. The number of ether oxygens (including phenoxy) is 1. The number of carbonyl (C=O) groups excluding carboxylic acids is 1. The van der Waals surface area contributed by atoms with E-state index < -0.39 is 0 Å². The second-order valence-electron chi connectivity index (χ2n) is 5.68. The Kier molecular flexibility index (Phi) is 11.5. The molecule has 126 valence electrons. The zero-order valence-corrected chi connectivity index (χ0v) is 14.9. The van der Waals surface area contributed by atoms with Crippen LogP contribution in [0.5, 0.6) is 0 Å². The van der Waals surface area contributed by atoms with Gasteiger partial charge in [0.15, 0.2) is 0 Å². The summed E-state index contributed by atoms with van der Waals surface area (Å²) in [7, 11) is 0. The lowest BCUT2D eigenvalue weighted by atomic mass is 10.2. The predicted molar refractivity (Wildman–Crippen MR) is 94.7 cm³/mol. The van der Waals surface area contributed by atoms with Crippen LogP contribution in [0.4, 0.5) is 0 Å². The molecule has 0 spiro atoms. The van der Waals surface area contributed by atoms with Crippen molar-refractivity contribution in [3.63, 3.8) is 0 Å². The van der Waals surface area contributed by atoms with Gasteiger partial charge in [-0.2, -0.15) is 0 Å². The highest BCUT2D eigenvalue weighted by Crippen LogP contribution is 2.11. The van der Waals surface area contributed by atoms with Crippen molar-refractivity contribution >= 4 is 5.97 Å². The molecule has 0 fully saturated rings. The minimum absolute atomic E-state index is 0.265. The summed E-state index contributed by atoms with van der Waals surface area (Å²) in [5, 5.41) is 0. The molecule has 0 aromatic heterocycles. The third-order valence-electron chi connectivity index (χ3n) is 4.03. The van der Waals surface area contributed by atoms with Crippen molar-refractivity contribution in [3.05, 3.63) is 36.5 Å². The second-order valence-corrected chi connectivity index (χ2v) is 5.68. The van der Waals surface area contributed by atoms with E-state index in [1.165, 1.54) is 19.4 Å². The van der Waals surface area contributed by atoms with Crippen molar-refractivity contribution in [2.45, 2.75) is 47.0 Å². The van der Waals surface area contributed by atoms with Crippen molar-refractivity contribution in [2.75, 3.05) is 32.8 Å². The van der Waals surface area contributed by atoms with E-state index in [-0.39, 0.29) is 5.97 Å². The number of allylic oxidation sites excluding steroid dienone is 3. The maximum absolute atomic E-state index is 12.1. The lowest BCUT2D eigenvalue weighted by molar-refractivity contribution is -0.926. The Labute approximate surface area is 136 Å². The quantitative estimate of drug-likeness (QED) is 0.233. The van der Waals surface area contributed by atoms with Gasteiger partial charge in [0.05, 0.1) is 25.2 Å². The summed E-state index contributed by atoms with van der Waals surface area (Å²) in [4.78, 5) is 12.1. The number of nitrogens with zero attached hydrogens (tertiary/aromatic N) is 1. The third-order valence-corrected chi connectivity index (χ3v) is 4.03. The Bertz CT molecular complexity index is 385. The lowest BCUT2D eigenvalue weighted by Crippen LogP contribution is -2.51. The van der Waals surface area contributed by atoms with Gasteiger partial charge in [-0.05, 0) is 32.8 Å². The SMILES string of the molecule is C=C/C=C(\C=C/C)C(=O)OCC[N+](CC)(CCC)CCCC. The number of esters is 1. The zero-order valence-electron chi connectivity index (χ0n) is 14.9. The summed E-state index contributed by atoms with van der Waals surface area (Å²) in [6, 6.07) is 0. The fraction of sp³-hybridized carbons (Fsp3) is 0.632. The maximum atomic E-state index is 12.1. The summed E-state index contributed by atoms with van der Waals surface area (Å²) < 4.78 is 6.51. The number of rotatable bonds is 12. The predicted octanol–water partition coefficient (Wildman–Crippen LogP) is 4.26. The van der Waals surface area contributed by atoms with Gasteiger partial charge >= 0.3 is 5.97 Å². The molecule has 1 unspecified atom stereocenters. The van der Waals surface area contributed by atoms with Crippen molar-refractivity contribution in [3.8, 4) is 0 Å². The van der Waals surface area contributed by atoms with Crippen LogP contribution in [0.3, 0.4) is 0 Å². The van der Waals surface area contributed by atoms with Gasteiger partial charge in [-0.1, -0.05) is 45.1 Å². The first-order valence-electron chi connectivity index (χ1n) is 8.56. The average Bonchev–Trinajstić information content (AvgIpc) is 2.52. The van der Waals surface area contributed by atoms with Gasteiger partial charge in [0.1, 0.15) is 13.2 Å². The largest absolute Gasteiger partial charge is 0.456 e. The van der Waals surface area contributed by atoms with Gasteiger partial charge in [0.2, 0.25) is 0 Å². The molecule has 0 saturated carbocycles. The van der Waals surface area contributed by atoms with Gasteiger partial charge in [0, 0.05) is 0 Å². The van der Waals surface area contributed by atoms with Crippen LogP contribution in [0.15, 0.2) is 36.5 Å². The minimum atomic E-state index is -0.265. The molecule has 0 aliphatic rings. The van der Waals surface area contributed by atoms with Crippen LogP contribution in [-0.2, 0) is 9.53 Å². The zero-order chi connectivity index (χ0) is 16.8. The Morgan fingerprint density at radius 3 is 2.36 bits per heavy atom. The standard InChI is InChI=1S/C19H34NO2/c1-6-11-15-20(10-5,14-9-4)16-17-22-19(21)18(12-7-2)13-8-3/h7-8,12-13H,2,6,9-11,14-17H2,1,3-5H3/q+1/b13-8-,18-12+. The van der Waals surface area contributed by atoms with E-state index in [4.69, 9.17) is 4.74 Å². The molecule has 0 aliphatic carbocycles. The fourth-order valence-corrected chi connectivity index (χ4v) is 2.69. The summed E-state index contributed by atoms with van der Waals surface area (Å²) >= 11 is 0. The average molecular weight is 308 g/mol. The van der Waals surface area contributed by atoms with E-state index in [0.717, 1.165) is 30.5 Å². The molecular formula is C19H34NO2+. The molecule has 0 aromatic carbocycles. The van der Waals surface area contributed by atoms with E-state index in [9.17, 15) is 4.79 Å². The minimum Gasteiger partial charge on any atom is -0.456 e. The molecule has 0 radical (unpaired) electrons. The van der Waals surface area contributed by atoms with Crippen LogP contribution in [0, 0.1) is 0 Å². The van der Waals surface area contributed by atoms with Crippen LogP contribution in [0.25, 0.3) is 0 Å². The molecule has 0 aromatic rings. The van der Waals surface area contributed by atoms with Crippen LogP contribution in [-0.4, -0.2) is 43.2 Å². The molecule has 0 rings (SSSR count). The first-order chi connectivity index (χ1) is 10.6. The summed E-state index contributed by atoms with van der Waals surface area (Å²) in [5.41, 5.74) is 0.552. The van der Waals surface area contributed by atoms with Crippen LogP contribution >= 0.6 is 0 Å². The van der Waals surface area contributed by atoms with E-state index in [1.807, 2.05) is 13.0 Å². The van der Waals surface area contributed by atoms with Crippen molar-refractivity contribution < 1.29 is 14.0 Å². The molecule has 0 bridgehead atoms. The number of hydrogen-bond acceptors (Lipinski definition) is 2. The van der Waals surface area contributed by atoms with Crippen LogP contribution < -0.4 is 0 Å². The smallest absolute Gasteiger partial charge is 0.338 e. The number of carbonyl (C=O) groups is 1. The summed E-state index contributed by atoms with van der Waals surface area (Å²) in [6.45, 7) is 17.0. The molecule has 0 amide bonds. The molecular weight excluding hydrogens is 274 g/mol. The second kappa shape index (κ2) is 12.2. The highest BCUT2D eigenvalue weighted by atomic mass is 16.5. The van der Waals surface area contributed by atoms with Crippen molar-refractivity contribution in [1.29, 1.82) is 0 Å². The number of likely N-dealkylation sites (N-methyl/N-ethyl adjacent to an activating group) is 1. The van der Waals surface area contributed by atoms with E-state index in [1.54, 1.807) is 18.2 Å². The van der Waals surface area contributed by atoms with Gasteiger partial charge < -0.3 is 9.22 Å². The van der Waals surface area contributed by atoms with Crippen LogP contribution in [0.2, 0.25) is 0 Å². The maximum Gasteiger partial charge on any atom is 0.338 e. The van der Waals surface area contributed by atoms with Gasteiger partial charge in [0.25, 0.3) is 0 Å². The topological polar surface area (TPSA) is 26.3 Å². The van der Waals surface area contributed by atoms with Crippen molar-refractivity contribution in [1.82, 2.24) is 0 Å². The monoisotopic (exact) mass is 308 g/mol. The van der Waals surface area contributed by atoms with Crippen LogP contribution in [0.1, 0.15) is 47.0 Å². The lowest BCUT2D eigenvalue weighted by Gasteiger charge is -2.37. The summed E-state index contributed by atoms with van der Waals surface area (Å²) in [5.74, 6) is -0.265. The molecule has 3 nitrogen and oxygen atoms in total. The first-order valence-corrected chi connectivity index (χ1v) is 8.56. The Hall–Kier alpha value is -1.35. The Balaban J connectivity index is 4.62. The molecule has 0 heterocycles. The van der Waals surface area contributed by atoms with E-state index in [2.05, 4.69) is 27.4 Å². The van der Waals surface area contributed by atoms with Gasteiger partial charge in [-0.3, -0.25) is 0 Å². The molecule has 3 heteroatoms. The number of unbranched alkanes of at least 4 members (excludes halogenated alkanes) is 1. The number of quaternary nitrogens is 1. The van der Waals surface area contributed by atoms with Crippen molar-refractivity contribution in [2.24, 2.45) is 0 Å². The Morgan fingerprint density at radius 2 is 1.86 bits per heavy atom. The molecule has 1 atom stereocenters. The third kappa shape index (κ3) is 7.60. The highest BCUT2D eigenvalue weighted by Gasteiger charge is 2.24. The van der Waals surface area contributed by atoms with Gasteiger partial charge in [-0.15, -0.1) is 0 Å². The molecule has 22 heavy (non-hydrogen) atoms. The normalized spacial score (nSPS) is 14.8.